The number of hydrogen-bond acceptors (Lipinski definition) is 18. The van der Waals surface area contributed by atoms with Crippen molar-refractivity contribution in [3.63, 3.8) is 0 Å². The van der Waals surface area contributed by atoms with Gasteiger partial charge in [-0.1, -0.05) is 76.3 Å². The second kappa shape index (κ2) is 21.5. The predicted octanol–water partition coefficient (Wildman–Crippen LogP) is 4.60. The van der Waals surface area contributed by atoms with Crippen molar-refractivity contribution in [2.24, 2.45) is 0 Å². The number of rotatable bonds is 16. The van der Waals surface area contributed by atoms with Crippen LogP contribution in [0.4, 0.5) is 0 Å². The SMILES string of the molecule is CC(=O)OCC1OC(OC(=N)C(Cl)(Cl)Cl)C(OC(C)=O)C(OC(C)=O)C1OC1OC(CO[Si](C(C)C)(C(C)C)C(C)C)C(OC(C)=O)C(OC(C)=O)C1OC(C)=O. The molecule has 0 amide bonds. The van der Waals surface area contributed by atoms with Crippen molar-refractivity contribution in [2.75, 3.05) is 13.2 Å². The summed E-state index contributed by atoms with van der Waals surface area (Å²) in [4.78, 5) is 75.0. The lowest BCUT2D eigenvalue weighted by atomic mass is 9.96. The minimum Gasteiger partial charge on any atom is -0.463 e. The van der Waals surface area contributed by atoms with E-state index in [2.05, 4.69) is 41.5 Å². The number of nitrogens with one attached hydrogen (secondary N) is 1. The largest absolute Gasteiger partial charge is 0.463 e. The average molecular weight is 895 g/mol. The summed E-state index contributed by atoms with van der Waals surface area (Å²) >= 11 is 17.5. The Morgan fingerprint density at radius 2 is 0.912 bits per heavy atom. The molecule has 0 aromatic rings. The minimum atomic E-state index is -2.65. The first-order chi connectivity index (χ1) is 26.2. The van der Waals surface area contributed by atoms with Gasteiger partial charge in [-0.2, -0.15) is 0 Å². The van der Waals surface area contributed by atoms with Gasteiger partial charge in [-0.05, 0) is 16.6 Å². The van der Waals surface area contributed by atoms with E-state index < -0.39 is 122 Å². The van der Waals surface area contributed by atoms with Crippen LogP contribution in [0.1, 0.15) is 83.1 Å². The highest BCUT2D eigenvalue weighted by molar-refractivity contribution is 6.77. The third kappa shape index (κ3) is 13.9. The first kappa shape index (κ1) is 50.4. The van der Waals surface area contributed by atoms with Gasteiger partial charge in [-0.15, -0.1) is 0 Å². The molecular formula is C35H54Cl3NO17Si. The van der Waals surface area contributed by atoms with Crippen LogP contribution in [0.3, 0.4) is 0 Å². The van der Waals surface area contributed by atoms with Crippen molar-refractivity contribution in [3.8, 4) is 0 Å². The highest BCUT2D eigenvalue weighted by Crippen LogP contribution is 2.43. The molecule has 0 saturated carbocycles. The fourth-order valence-corrected chi connectivity index (χ4v) is 12.9. The molecule has 2 fully saturated rings. The van der Waals surface area contributed by atoms with Crippen LogP contribution in [0.25, 0.3) is 0 Å². The quantitative estimate of drug-likeness (QED) is 0.0558. The molecular weight excluding hydrogens is 841 g/mol. The Hall–Kier alpha value is -2.78. The van der Waals surface area contributed by atoms with Crippen LogP contribution >= 0.6 is 34.8 Å². The summed E-state index contributed by atoms with van der Waals surface area (Å²) in [6.07, 6.45) is -16.3. The topological polar surface area (TPSA) is 228 Å². The molecule has 0 spiro atoms. The van der Waals surface area contributed by atoms with Gasteiger partial charge in [0.1, 0.15) is 24.9 Å². The second-order valence-electron chi connectivity index (χ2n) is 14.4. The third-order valence-corrected chi connectivity index (χ3v) is 15.7. The van der Waals surface area contributed by atoms with E-state index in [0.29, 0.717) is 0 Å². The number of hydrogen-bond donors (Lipinski definition) is 1. The molecule has 22 heteroatoms. The van der Waals surface area contributed by atoms with Gasteiger partial charge in [0.2, 0.25) is 18.3 Å². The summed E-state index contributed by atoms with van der Waals surface area (Å²) in [6.45, 7) is 17.8. The molecule has 326 valence electrons. The Kier molecular flexibility index (Phi) is 19.0. The van der Waals surface area contributed by atoms with Crippen LogP contribution in [0.15, 0.2) is 0 Å². The Bertz CT molecular complexity index is 1440. The van der Waals surface area contributed by atoms with E-state index in [1.807, 2.05) is 0 Å². The van der Waals surface area contributed by atoms with Gasteiger partial charge < -0.3 is 51.8 Å². The lowest BCUT2D eigenvalue weighted by molar-refractivity contribution is -0.355. The van der Waals surface area contributed by atoms with Crippen LogP contribution in [-0.2, 0) is 80.6 Å². The van der Waals surface area contributed by atoms with Gasteiger partial charge in [0.25, 0.3) is 3.79 Å². The Labute approximate surface area is 347 Å². The van der Waals surface area contributed by atoms with Gasteiger partial charge in [0.05, 0.1) is 6.61 Å². The number of carbonyl (C=O) groups is 6. The molecule has 57 heavy (non-hydrogen) atoms. The summed E-state index contributed by atoms with van der Waals surface area (Å²) in [5.41, 5.74) is 0.294. The molecule has 10 atom stereocenters. The summed E-state index contributed by atoms with van der Waals surface area (Å²) in [6, 6.07) is 0. The van der Waals surface area contributed by atoms with Crippen molar-refractivity contribution in [1.82, 2.24) is 0 Å². The van der Waals surface area contributed by atoms with Gasteiger partial charge in [-0.3, -0.25) is 34.2 Å². The van der Waals surface area contributed by atoms with E-state index in [4.69, 9.17) is 92.0 Å². The van der Waals surface area contributed by atoms with Crippen LogP contribution in [0, 0.1) is 5.41 Å². The van der Waals surface area contributed by atoms with Crippen molar-refractivity contribution >= 4 is 84.8 Å². The van der Waals surface area contributed by atoms with Crippen LogP contribution in [-0.4, -0.2) is 128 Å². The first-order valence-corrected chi connectivity index (χ1v) is 21.4. The smallest absolute Gasteiger partial charge is 0.303 e. The molecule has 2 aliphatic heterocycles. The van der Waals surface area contributed by atoms with Gasteiger partial charge in [-0.25, -0.2) is 0 Å². The highest BCUT2D eigenvalue weighted by atomic mass is 35.6. The van der Waals surface area contributed by atoms with E-state index in [9.17, 15) is 28.8 Å². The fraction of sp³-hybridized carbons (Fsp3) is 0.800. The summed E-state index contributed by atoms with van der Waals surface area (Å²) < 4.78 is 62.1. The molecule has 0 radical (unpaired) electrons. The fourth-order valence-electron chi connectivity index (χ4n) is 7.28. The monoisotopic (exact) mass is 893 g/mol. The minimum absolute atomic E-state index is 0.0979. The van der Waals surface area contributed by atoms with E-state index in [-0.39, 0.29) is 23.2 Å². The molecule has 0 bridgehead atoms. The molecule has 18 nitrogen and oxygen atoms in total. The number of alkyl halides is 3. The maximum Gasteiger partial charge on any atom is 0.303 e. The normalized spacial score (nSPS) is 28.0. The van der Waals surface area contributed by atoms with E-state index in [0.717, 1.165) is 41.5 Å². The van der Waals surface area contributed by atoms with Gasteiger partial charge >= 0.3 is 35.8 Å². The maximum absolute atomic E-state index is 12.7. The molecule has 0 aromatic heterocycles. The first-order valence-electron chi connectivity index (χ1n) is 18.1. The second-order valence-corrected chi connectivity index (χ2v) is 22.2. The molecule has 0 aromatic carbocycles. The zero-order chi connectivity index (χ0) is 43.7. The van der Waals surface area contributed by atoms with Crippen molar-refractivity contribution in [3.05, 3.63) is 0 Å². The van der Waals surface area contributed by atoms with Gasteiger partial charge in [0, 0.05) is 41.5 Å². The lowest BCUT2D eigenvalue weighted by Gasteiger charge is -2.49. The van der Waals surface area contributed by atoms with Crippen LogP contribution in [0.5, 0.6) is 0 Å². The Balaban J connectivity index is 2.87. The van der Waals surface area contributed by atoms with E-state index >= 15 is 0 Å². The number of esters is 6. The summed E-state index contributed by atoms with van der Waals surface area (Å²) in [5.74, 6) is -6.20. The molecule has 0 aliphatic carbocycles. The number of ether oxygens (including phenoxy) is 10. The summed E-state index contributed by atoms with van der Waals surface area (Å²) in [5, 5.41) is 8.15. The molecule has 1 N–H and O–H groups in total. The van der Waals surface area contributed by atoms with Crippen molar-refractivity contribution in [2.45, 2.75) is 165 Å². The molecule has 2 saturated heterocycles. The molecule has 2 aliphatic rings. The zero-order valence-corrected chi connectivity index (χ0v) is 37.3. The molecule has 10 unspecified atom stereocenters. The van der Waals surface area contributed by atoms with Crippen LogP contribution in [0.2, 0.25) is 16.6 Å². The average Bonchev–Trinajstić information content (AvgIpc) is 3.04. The Morgan fingerprint density at radius 1 is 0.544 bits per heavy atom. The predicted molar refractivity (Wildman–Crippen MR) is 203 cm³/mol. The highest BCUT2D eigenvalue weighted by Gasteiger charge is 2.59. The summed E-state index contributed by atoms with van der Waals surface area (Å²) in [7, 11) is -2.65. The van der Waals surface area contributed by atoms with Crippen molar-refractivity contribution in [1.29, 1.82) is 5.41 Å². The Morgan fingerprint density at radius 3 is 1.32 bits per heavy atom. The maximum atomic E-state index is 12.7. The van der Waals surface area contributed by atoms with E-state index in [1.165, 1.54) is 0 Å². The number of halogens is 3. The standard InChI is InChI=1S/C35H54Cl3NO17Si/c1-15(2)57(16(3)4,17(5)6)47-14-25-26(48-19(8)41)28(49-20(9)42)30(51-22(11)44)32(54-25)55-27-24(13-46-18(7)40)53-33(56-34(39)35(36,37)38)31(52-23(12)45)29(27)50-21(10)43/h15-17,24-33,39H,13-14H2,1-12H3. The molecule has 2 rings (SSSR count). The zero-order valence-electron chi connectivity index (χ0n) is 34.0. The van der Waals surface area contributed by atoms with Gasteiger partial charge in [0.15, 0.2) is 39.0 Å². The lowest BCUT2D eigenvalue weighted by Crippen LogP contribution is -2.67. The number of carbonyl (C=O) groups excluding carboxylic acids is 6. The van der Waals surface area contributed by atoms with Crippen molar-refractivity contribution < 1.29 is 80.6 Å². The third-order valence-electron chi connectivity index (χ3n) is 9.13. The molecule has 2 heterocycles. The van der Waals surface area contributed by atoms with E-state index in [1.54, 1.807) is 0 Å². The van der Waals surface area contributed by atoms with Crippen LogP contribution < -0.4 is 0 Å².